The predicted molar refractivity (Wildman–Crippen MR) is 138 cm³/mol. The van der Waals surface area contributed by atoms with E-state index in [0.717, 1.165) is 30.5 Å². The molecule has 0 saturated heterocycles. The van der Waals surface area contributed by atoms with Gasteiger partial charge in [0.05, 0.1) is 13.1 Å². The summed E-state index contributed by atoms with van der Waals surface area (Å²) >= 11 is 0. The highest BCUT2D eigenvalue weighted by Crippen LogP contribution is 2.23. The van der Waals surface area contributed by atoms with Crippen LogP contribution in [0.25, 0.3) is 0 Å². The number of amidine groups is 1. The molecule has 0 aliphatic carbocycles. The van der Waals surface area contributed by atoms with Gasteiger partial charge in [-0.2, -0.15) is 0 Å². The third kappa shape index (κ3) is 12.2. The number of nitrogens with zero attached hydrogens (tertiary/aromatic N) is 2. The summed E-state index contributed by atoms with van der Waals surface area (Å²) in [6.07, 6.45) is 28.9. The molecule has 0 amide bonds. The maximum absolute atomic E-state index is 10.2. The Bertz CT molecular complexity index is 472. The molecular formula is C28H55N2O+. The summed E-state index contributed by atoms with van der Waals surface area (Å²) in [4.78, 5) is 4.72. The van der Waals surface area contributed by atoms with Gasteiger partial charge in [0.25, 0.3) is 0 Å². The highest BCUT2D eigenvalue weighted by atomic mass is 16.3. The van der Waals surface area contributed by atoms with E-state index >= 15 is 0 Å². The van der Waals surface area contributed by atoms with Crippen molar-refractivity contribution in [2.45, 2.75) is 143 Å². The number of quaternary nitrogens is 1. The largest absolute Gasteiger partial charge is 0.345 e. The third-order valence-corrected chi connectivity index (χ3v) is 7.25. The van der Waals surface area contributed by atoms with Gasteiger partial charge >= 0.3 is 0 Å². The van der Waals surface area contributed by atoms with Crippen molar-refractivity contribution < 1.29 is 9.59 Å². The summed E-state index contributed by atoms with van der Waals surface area (Å²) in [5, 5.41) is 10.2. The lowest BCUT2D eigenvalue weighted by Gasteiger charge is -2.36. The van der Waals surface area contributed by atoms with Crippen LogP contribution in [0.5, 0.6) is 0 Å². The molecule has 0 aromatic rings. The second kappa shape index (κ2) is 18.9. The number of rotatable bonds is 21. The van der Waals surface area contributed by atoms with Gasteiger partial charge in [-0.15, -0.1) is 0 Å². The van der Waals surface area contributed by atoms with Crippen molar-refractivity contribution in [3.63, 3.8) is 0 Å². The smallest absolute Gasteiger partial charge is 0.200 e. The summed E-state index contributed by atoms with van der Waals surface area (Å²) < 4.78 is 0.718. The van der Waals surface area contributed by atoms with Gasteiger partial charge in [-0.25, -0.2) is 4.99 Å². The van der Waals surface area contributed by atoms with E-state index in [9.17, 15) is 5.11 Å². The zero-order chi connectivity index (χ0) is 22.6. The van der Waals surface area contributed by atoms with Crippen LogP contribution in [-0.2, 0) is 0 Å². The first-order chi connectivity index (χ1) is 15.2. The van der Waals surface area contributed by atoms with Crippen LogP contribution in [0.3, 0.4) is 0 Å². The highest BCUT2D eigenvalue weighted by Gasteiger charge is 2.40. The van der Waals surface area contributed by atoms with Crippen LogP contribution in [0.1, 0.15) is 136 Å². The molecule has 0 aromatic heterocycles. The fraction of sp³-hybridized carbons (Fsp3) is 0.893. The summed E-state index contributed by atoms with van der Waals surface area (Å²) in [5.74, 6) is 1.25. The second-order valence-corrected chi connectivity index (χ2v) is 9.75. The Hall–Kier alpha value is -0.670. The van der Waals surface area contributed by atoms with Crippen LogP contribution in [0.15, 0.2) is 17.1 Å². The van der Waals surface area contributed by atoms with Gasteiger partial charge < -0.3 is 5.11 Å². The van der Waals surface area contributed by atoms with Crippen molar-refractivity contribution in [2.75, 3.05) is 19.6 Å². The lowest BCUT2D eigenvalue weighted by Crippen LogP contribution is -2.56. The van der Waals surface area contributed by atoms with Crippen LogP contribution in [0.4, 0.5) is 0 Å². The lowest BCUT2D eigenvalue weighted by atomic mass is 10.0. The van der Waals surface area contributed by atoms with Crippen molar-refractivity contribution in [3.8, 4) is 0 Å². The molecule has 1 aliphatic rings. The molecule has 1 heterocycles. The Morgan fingerprint density at radius 3 is 1.74 bits per heavy atom. The number of unbranched alkanes of at least 4 members (excludes halogenated alkanes) is 15. The third-order valence-electron chi connectivity index (χ3n) is 7.25. The minimum Gasteiger partial charge on any atom is -0.345 e. The summed E-state index contributed by atoms with van der Waals surface area (Å²) in [7, 11) is 0. The van der Waals surface area contributed by atoms with E-state index in [4.69, 9.17) is 4.99 Å². The Morgan fingerprint density at radius 1 is 0.774 bits per heavy atom. The van der Waals surface area contributed by atoms with Crippen molar-refractivity contribution in [1.82, 2.24) is 0 Å². The zero-order valence-corrected chi connectivity index (χ0v) is 21.4. The van der Waals surface area contributed by atoms with Gasteiger partial charge in [0.2, 0.25) is 5.84 Å². The number of hydrogen-bond donors (Lipinski definition) is 1. The van der Waals surface area contributed by atoms with E-state index in [2.05, 4.69) is 26.0 Å². The molecule has 31 heavy (non-hydrogen) atoms. The first-order valence-corrected chi connectivity index (χ1v) is 13.9. The number of hydrogen-bond acceptors (Lipinski definition) is 2. The van der Waals surface area contributed by atoms with E-state index in [0.29, 0.717) is 0 Å². The van der Waals surface area contributed by atoms with Gasteiger partial charge in [0, 0.05) is 13.3 Å². The quantitative estimate of drug-likeness (QED) is 0.110. The summed E-state index contributed by atoms with van der Waals surface area (Å²) in [6.45, 7) is 9.23. The van der Waals surface area contributed by atoms with E-state index in [1.807, 2.05) is 6.92 Å². The predicted octanol–water partition coefficient (Wildman–Crippen LogP) is 8.17. The normalized spacial score (nSPS) is 19.9. The molecule has 182 valence electrons. The molecule has 0 saturated carbocycles. The fourth-order valence-corrected chi connectivity index (χ4v) is 5.00. The molecule has 0 fully saturated rings. The average molecular weight is 436 g/mol. The number of allylic oxidation sites excluding steroid dienone is 2. The van der Waals surface area contributed by atoms with Crippen molar-refractivity contribution in [3.05, 3.63) is 12.2 Å². The monoisotopic (exact) mass is 435 g/mol. The van der Waals surface area contributed by atoms with E-state index in [1.165, 1.54) is 115 Å². The molecule has 3 nitrogen and oxygen atoms in total. The van der Waals surface area contributed by atoms with E-state index in [-0.39, 0.29) is 6.23 Å². The Kier molecular flexibility index (Phi) is 17.3. The molecule has 1 aliphatic heterocycles. The molecule has 0 aromatic carbocycles. The maximum Gasteiger partial charge on any atom is 0.200 e. The summed E-state index contributed by atoms with van der Waals surface area (Å²) in [6, 6.07) is 0. The molecule has 2 unspecified atom stereocenters. The standard InChI is InChI=1S/C28H55N2O/c1-4-6-7-8-9-10-11-12-13-14-15-16-17-18-19-20-21-22-23-24-28-29-25-26-30(28,5-2)27(3)31/h9-10,27,31H,4-8,11-26H2,1-3H3/q+1/b10-9+. The number of aliphatic hydroxyl groups excluding tert-OH is 1. The molecule has 3 heteroatoms. The molecule has 0 bridgehead atoms. The minimum atomic E-state index is -0.316. The van der Waals surface area contributed by atoms with E-state index in [1.54, 1.807) is 0 Å². The van der Waals surface area contributed by atoms with Gasteiger partial charge in [-0.1, -0.05) is 96.1 Å². The molecular weight excluding hydrogens is 380 g/mol. The SMILES string of the molecule is CCCCC/C=C/CCCCCCCCCCCCCCC1=NCC[N+]1(CC)C(C)O. The van der Waals surface area contributed by atoms with Crippen molar-refractivity contribution >= 4 is 5.84 Å². The molecule has 1 N–H and O–H groups in total. The molecule has 2 atom stereocenters. The average Bonchev–Trinajstić information content (AvgIpc) is 3.19. The Morgan fingerprint density at radius 2 is 1.26 bits per heavy atom. The Balaban J connectivity index is 1.84. The fourth-order valence-electron chi connectivity index (χ4n) is 5.00. The van der Waals surface area contributed by atoms with Crippen molar-refractivity contribution in [1.29, 1.82) is 0 Å². The molecule has 1 rings (SSSR count). The molecule has 0 radical (unpaired) electrons. The highest BCUT2D eigenvalue weighted by molar-refractivity contribution is 5.76. The minimum absolute atomic E-state index is 0.316. The zero-order valence-electron chi connectivity index (χ0n) is 21.4. The maximum atomic E-state index is 10.2. The number of aliphatic imine (C=N–C) groups is 1. The molecule has 0 spiro atoms. The van der Waals surface area contributed by atoms with Gasteiger partial charge in [-0.05, 0) is 39.0 Å². The number of aliphatic hydroxyl groups is 1. The Labute approximate surface area is 195 Å². The van der Waals surface area contributed by atoms with Gasteiger partial charge in [-0.3, -0.25) is 4.48 Å². The van der Waals surface area contributed by atoms with Crippen molar-refractivity contribution in [2.24, 2.45) is 4.99 Å². The first kappa shape index (κ1) is 28.4. The van der Waals surface area contributed by atoms with Crippen LogP contribution in [0.2, 0.25) is 0 Å². The van der Waals surface area contributed by atoms with Gasteiger partial charge in [0.1, 0.15) is 6.54 Å². The summed E-state index contributed by atoms with van der Waals surface area (Å²) in [5.41, 5.74) is 0. The lowest BCUT2D eigenvalue weighted by molar-refractivity contribution is -0.882. The topological polar surface area (TPSA) is 32.6 Å². The van der Waals surface area contributed by atoms with Crippen LogP contribution >= 0.6 is 0 Å². The van der Waals surface area contributed by atoms with Gasteiger partial charge in [0.15, 0.2) is 6.23 Å². The number of likely N-dealkylation sites (N-methyl/N-ethyl adjacent to an activating group) is 1. The van der Waals surface area contributed by atoms with Crippen LogP contribution < -0.4 is 0 Å². The second-order valence-electron chi connectivity index (χ2n) is 9.75. The first-order valence-electron chi connectivity index (χ1n) is 13.9. The van der Waals surface area contributed by atoms with Crippen LogP contribution in [-0.4, -0.2) is 41.3 Å². The van der Waals surface area contributed by atoms with Crippen LogP contribution in [0, 0.1) is 0 Å². The van der Waals surface area contributed by atoms with E-state index < -0.39 is 0 Å².